The number of rotatable bonds is 4. The summed E-state index contributed by atoms with van der Waals surface area (Å²) in [6, 6.07) is 16.5. The lowest BCUT2D eigenvalue weighted by Gasteiger charge is -2.21. The van der Waals surface area contributed by atoms with Gasteiger partial charge < -0.3 is 40.5 Å². The van der Waals surface area contributed by atoms with Crippen LogP contribution in [0, 0.1) is 0 Å². The normalized spacial score (nSPS) is 16.7. The second kappa shape index (κ2) is 8.66. The molecule has 0 aromatic heterocycles. The first kappa shape index (κ1) is 22.8. The highest BCUT2D eigenvalue weighted by atomic mass is 16.5. The fraction of sp³-hybridized carbons (Fsp3) is 0.0714. The van der Waals surface area contributed by atoms with Crippen LogP contribution in [0.3, 0.4) is 0 Å². The van der Waals surface area contributed by atoms with Gasteiger partial charge in [0.25, 0.3) is 0 Å². The van der Waals surface area contributed by atoms with Crippen LogP contribution in [0.4, 0.5) is 0 Å². The lowest BCUT2D eigenvalue weighted by molar-refractivity contribution is 0.220. The van der Waals surface area contributed by atoms with Gasteiger partial charge in [0.1, 0.15) is 29.1 Å². The van der Waals surface area contributed by atoms with Crippen LogP contribution in [-0.4, -0.2) is 35.7 Å². The van der Waals surface area contributed by atoms with E-state index in [1.54, 1.807) is 36.4 Å². The first-order valence-corrected chi connectivity index (χ1v) is 11.0. The molecule has 1 aliphatic rings. The van der Waals surface area contributed by atoms with Gasteiger partial charge >= 0.3 is 0 Å². The molecule has 0 fully saturated rings. The highest BCUT2D eigenvalue weighted by Crippen LogP contribution is 2.53. The molecule has 5 rings (SSSR count). The molecule has 0 amide bonds. The maximum Gasteiger partial charge on any atom is 0.165 e. The molecule has 7 N–H and O–H groups in total. The van der Waals surface area contributed by atoms with Crippen LogP contribution in [0.1, 0.15) is 39.8 Å². The van der Waals surface area contributed by atoms with Crippen LogP contribution in [0.15, 0.2) is 66.7 Å². The summed E-state index contributed by atoms with van der Waals surface area (Å²) in [5.41, 5.74) is 2.51. The number of hydrogen-bond acceptors (Lipinski definition) is 8. The van der Waals surface area contributed by atoms with Crippen molar-refractivity contribution in [3.63, 3.8) is 0 Å². The number of benzene rings is 4. The number of hydrogen-bond donors (Lipinski definition) is 7. The topological polar surface area (TPSA) is 151 Å². The van der Waals surface area contributed by atoms with E-state index in [2.05, 4.69) is 0 Å². The van der Waals surface area contributed by atoms with Gasteiger partial charge in [-0.25, -0.2) is 0 Å². The fourth-order valence-electron chi connectivity index (χ4n) is 4.45. The molecule has 0 saturated heterocycles. The Bertz CT molecular complexity index is 1490. The Morgan fingerprint density at radius 1 is 0.583 bits per heavy atom. The van der Waals surface area contributed by atoms with Crippen LogP contribution in [0.2, 0.25) is 0 Å². The Balaban J connectivity index is 1.61. The molecule has 2 atom stereocenters. The standard InChI is InChI=1S/C28H22O8/c29-17-6-4-15(5-7-17)28-25(21-11-19(31)13-23(33)27(21)35)20-9-14(2-8-24(20)36-28)1-3-16-10-18(30)12-22(32)26(16)34/h1-13,25,28-35H/b3-1+/t25-,28-/m1/s1. The predicted octanol–water partition coefficient (Wildman–Crippen LogP) is 5.06. The van der Waals surface area contributed by atoms with Crippen molar-refractivity contribution in [3.8, 4) is 46.0 Å². The molecule has 4 aromatic rings. The molecule has 0 saturated carbocycles. The second-order valence-electron chi connectivity index (χ2n) is 8.54. The Morgan fingerprint density at radius 3 is 1.97 bits per heavy atom. The number of ether oxygens (including phenoxy) is 1. The van der Waals surface area contributed by atoms with Gasteiger partial charge in [0, 0.05) is 28.8 Å². The number of aromatic hydroxyl groups is 7. The van der Waals surface area contributed by atoms with Gasteiger partial charge in [-0.3, -0.25) is 0 Å². The lowest BCUT2D eigenvalue weighted by atomic mass is 9.84. The molecule has 182 valence electrons. The third kappa shape index (κ3) is 4.05. The van der Waals surface area contributed by atoms with Crippen molar-refractivity contribution < 1.29 is 40.5 Å². The molecule has 36 heavy (non-hydrogen) atoms. The minimum absolute atomic E-state index is 0.0809. The van der Waals surface area contributed by atoms with Crippen LogP contribution >= 0.6 is 0 Å². The molecule has 0 spiro atoms. The van der Waals surface area contributed by atoms with Gasteiger partial charge in [0.2, 0.25) is 0 Å². The van der Waals surface area contributed by atoms with Gasteiger partial charge in [0.15, 0.2) is 23.0 Å². The van der Waals surface area contributed by atoms with E-state index in [1.165, 1.54) is 30.3 Å². The number of phenols is 7. The maximum atomic E-state index is 10.7. The summed E-state index contributed by atoms with van der Waals surface area (Å²) in [6.07, 6.45) is 2.55. The molecular weight excluding hydrogens is 464 g/mol. The van der Waals surface area contributed by atoms with Gasteiger partial charge in [-0.1, -0.05) is 30.4 Å². The molecule has 8 nitrogen and oxygen atoms in total. The Labute approximate surface area is 205 Å². The smallest absolute Gasteiger partial charge is 0.165 e. The van der Waals surface area contributed by atoms with Gasteiger partial charge in [-0.15, -0.1) is 0 Å². The Kier molecular flexibility index (Phi) is 5.49. The first-order chi connectivity index (χ1) is 17.2. The minimum atomic E-state index is -0.640. The van der Waals surface area contributed by atoms with E-state index in [9.17, 15) is 35.7 Å². The highest BCUT2D eigenvalue weighted by Gasteiger charge is 2.39. The van der Waals surface area contributed by atoms with Crippen molar-refractivity contribution in [2.45, 2.75) is 12.0 Å². The minimum Gasteiger partial charge on any atom is -0.508 e. The third-order valence-corrected chi connectivity index (χ3v) is 6.15. The molecule has 0 bridgehead atoms. The highest BCUT2D eigenvalue weighted by molar-refractivity contribution is 5.76. The zero-order valence-electron chi connectivity index (χ0n) is 18.7. The van der Waals surface area contributed by atoms with E-state index in [1.807, 2.05) is 0 Å². The van der Waals surface area contributed by atoms with Crippen LogP contribution in [0.25, 0.3) is 12.2 Å². The van der Waals surface area contributed by atoms with E-state index in [4.69, 9.17) is 4.74 Å². The van der Waals surface area contributed by atoms with Gasteiger partial charge in [0.05, 0.1) is 5.92 Å². The van der Waals surface area contributed by atoms with E-state index in [0.29, 0.717) is 22.4 Å². The van der Waals surface area contributed by atoms with Crippen LogP contribution in [0.5, 0.6) is 46.0 Å². The molecule has 0 aliphatic carbocycles. The van der Waals surface area contributed by atoms with Crippen molar-refractivity contribution in [1.82, 2.24) is 0 Å². The SMILES string of the molecule is Oc1ccc([C@H]2Oc3ccc(/C=C/c4cc(O)cc(O)c4O)cc3[C@@H]2c2cc(O)cc(O)c2O)cc1. The Morgan fingerprint density at radius 2 is 1.25 bits per heavy atom. The molecule has 8 heteroatoms. The molecule has 0 unspecified atom stereocenters. The largest absolute Gasteiger partial charge is 0.508 e. The second-order valence-corrected chi connectivity index (χ2v) is 8.54. The maximum absolute atomic E-state index is 10.7. The average molecular weight is 486 g/mol. The average Bonchev–Trinajstić information content (AvgIpc) is 3.21. The van der Waals surface area contributed by atoms with Crippen LogP contribution in [-0.2, 0) is 0 Å². The van der Waals surface area contributed by atoms with Crippen molar-refractivity contribution in [2.24, 2.45) is 0 Å². The summed E-state index contributed by atoms with van der Waals surface area (Å²) in [5, 5.41) is 70.2. The summed E-state index contributed by atoms with van der Waals surface area (Å²) in [7, 11) is 0. The lowest BCUT2D eigenvalue weighted by Crippen LogP contribution is -2.11. The van der Waals surface area contributed by atoms with Gasteiger partial charge in [-0.2, -0.15) is 0 Å². The Hall–Kier alpha value is -4.98. The summed E-state index contributed by atoms with van der Waals surface area (Å²) >= 11 is 0. The van der Waals surface area contributed by atoms with Crippen molar-refractivity contribution in [3.05, 3.63) is 94.5 Å². The number of fused-ring (bicyclic) bond motifs is 1. The third-order valence-electron chi connectivity index (χ3n) is 6.15. The molecule has 4 aromatic carbocycles. The van der Waals surface area contributed by atoms with E-state index in [-0.39, 0.29) is 39.9 Å². The van der Waals surface area contributed by atoms with Gasteiger partial charge in [-0.05, 0) is 47.5 Å². The fourth-order valence-corrected chi connectivity index (χ4v) is 4.45. The molecule has 1 aliphatic heterocycles. The quantitative estimate of drug-likeness (QED) is 0.120. The molecular formula is C28H22O8. The van der Waals surface area contributed by atoms with Crippen LogP contribution < -0.4 is 4.74 Å². The van der Waals surface area contributed by atoms with Crippen molar-refractivity contribution in [1.29, 1.82) is 0 Å². The molecule has 1 heterocycles. The summed E-state index contributed by atoms with van der Waals surface area (Å²) in [5.74, 6) is -2.15. The predicted molar refractivity (Wildman–Crippen MR) is 132 cm³/mol. The summed E-state index contributed by atoms with van der Waals surface area (Å²) < 4.78 is 6.22. The van der Waals surface area contributed by atoms with Crippen molar-refractivity contribution in [2.75, 3.05) is 0 Å². The summed E-state index contributed by atoms with van der Waals surface area (Å²) in [6.45, 7) is 0. The zero-order valence-corrected chi connectivity index (χ0v) is 18.7. The van der Waals surface area contributed by atoms with Crippen molar-refractivity contribution >= 4 is 12.2 Å². The molecule has 0 radical (unpaired) electrons. The zero-order chi connectivity index (χ0) is 25.6. The summed E-state index contributed by atoms with van der Waals surface area (Å²) in [4.78, 5) is 0. The first-order valence-electron chi connectivity index (χ1n) is 11.0. The van der Waals surface area contributed by atoms with E-state index >= 15 is 0 Å². The van der Waals surface area contributed by atoms with E-state index < -0.39 is 23.5 Å². The van der Waals surface area contributed by atoms with E-state index in [0.717, 1.165) is 12.1 Å². The monoisotopic (exact) mass is 486 g/mol. The number of phenolic OH excluding ortho intramolecular Hbond substituents is 7.